The number of benzene rings is 3. The average molecular weight is 596 g/mol. The van der Waals surface area contributed by atoms with Crippen molar-refractivity contribution in [2.24, 2.45) is 0 Å². The molecule has 0 bridgehead atoms. The molecule has 11 heteroatoms. The van der Waals surface area contributed by atoms with Gasteiger partial charge in [-0.1, -0.05) is 24.3 Å². The Morgan fingerprint density at radius 3 is 2.45 bits per heavy atom. The van der Waals surface area contributed by atoms with Gasteiger partial charge in [-0.3, -0.25) is 4.79 Å². The quantitative estimate of drug-likeness (QED) is 0.238. The molecule has 1 fully saturated rings. The summed E-state index contributed by atoms with van der Waals surface area (Å²) in [6.45, 7) is 4.54. The third-order valence-corrected chi connectivity index (χ3v) is 7.91. The summed E-state index contributed by atoms with van der Waals surface area (Å²) in [5.74, 6) is 3.23. The highest BCUT2D eigenvalue weighted by molar-refractivity contribution is 6.00. The zero-order valence-corrected chi connectivity index (χ0v) is 25.2. The smallest absolute Gasteiger partial charge is 0.253 e. The molecular weight excluding hydrogens is 558 g/mol. The van der Waals surface area contributed by atoms with Crippen LogP contribution in [0.1, 0.15) is 21.5 Å². The highest BCUT2D eigenvalue weighted by Crippen LogP contribution is 2.37. The van der Waals surface area contributed by atoms with Gasteiger partial charge in [0.2, 0.25) is 5.95 Å². The number of para-hydroxylation sites is 1. The summed E-state index contributed by atoms with van der Waals surface area (Å²) in [5, 5.41) is 9.58. The van der Waals surface area contributed by atoms with Crippen LogP contribution in [0.5, 0.6) is 11.5 Å². The molecule has 1 amide bonds. The lowest BCUT2D eigenvalue weighted by molar-refractivity contribution is 0.0964. The molecule has 3 aromatic carbocycles. The number of nitrogens with zero attached hydrogens (tertiary/aromatic N) is 4. The molecule has 11 nitrogen and oxygen atoms in total. The largest absolute Gasteiger partial charge is 0.497 e. The van der Waals surface area contributed by atoms with Gasteiger partial charge in [-0.25, -0.2) is 0 Å². The second-order valence-corrected chi connectivity index (χ2v) is 10.6. The van der Waals surface area contributed by atoms with Gasteiger partial charge in [0.05, 0.1) is 44.4 Å². The maximum Gasteiger partial charge on any atom is 0.253 e. The van der Waals surface area contributed by atoms with E-state index in [0.717, 1.165) is 60.1 Å². The Balaban J connectivity index is 1.35. The van der Waals surface area contributed by atoms with Crippen molar-refractivity contribution in [3.8, 4) is 11.5 Å². The maximum absolute atomic E-state index is 12.6. The van der Waals surface area contributed by atoms with Crippen molar-refractivity contribution in [1.82, 2.24) is 15.3 Å². The topological polar surface area (TPSA) is 113 Å². The third kappa shape index (κ3) is 6.18. The van der Waals surface area contributed by atoms with Crippen LogP contribution in [-0.2, 0) is 17.7 Å². The molecule has 2 aliphatic heterocycles. The van der Waals surface area contributed by atoms with Crippen LogP contribution in [0.4, 0.5) is 34.6 Å². The molecule has 0 radical (unpaired) electrons. The number of hydrogen-bond acceptors (Lipinski definition) is 10. The lowest BCUT2D eigenvalue weighted by Crippen LogP contribution is -2.36. The number of fused-ring (bicyclic) bond motifs is 1. The number of ether oxygens (including phenoxy) is 3. The van der Waals surface area contributed by atoms with Gasteiger partial charge in [0.15, 0.2) is 0 Å². The van der Waals surface area contributed by atoms with Crippen molar-refractivity contribution in [2.75, 3.05) is 74.5 Å². The molecule has 0 saturated carbocycles. The molecule has 228 valence electrons. The zero-order chi connectivity index (χ0) is 30.5. The highest BCUT2D eigenvalue weighted by atomic mass is 16.5. The first kappa shape index (κ1) is 29.1. The van der Waals surface area contributed by atoms with E-state index in [9.17, 15) is 4.79 Å². The molecule has 0 atom stereocenters. The number of anilines is 6. The molecule has 44 heavy (non-hydrogen) atoms. The van der Waals surface area contributed by atoms with Gasteiger partial charge in [-0.2, -0.15) is 9.97 Å². The zero-order valence-electron chi connectivity index (χ0n) is 25.2. The SMILES string of the molecule is CNC(=O)c1ccccc1Nc1nc(Nc2ccc(N3CCOCC3)cc2OC)nc2c1CCN2Cc1ccc(OC)cc1. The predicted octanol–water partition coefficient (Wildman–Crippen LogP) is 4.74. The number of amides is 1. The summed E-state index contributed by atoms with van der Waals surface area (Å²) in [6.07, 6.45) is 0.758. The lowest BCUT2D eigenvalue weighted by atomic mass is 10.1. The molecule has 4 aromatic rings. The van der Waals surface area contributed by atoms with E-state index in [1.54, 1.807) is 27.3 Å². The number of aromatic nitrogens is 2. The van der Waals surface area contributed by atoms with Gasteiger partial charge in [0.1, 0.15) is 23.1 Å². The molecule has 3 N–H and O–H groups in total. The summed E-state index contributed by atoms with van der Waals surface area (Å²) in [7, 11) is 4.95. The summed E-state index contributed by atoms with van der Waals surface area (Å²) < 4.78 is 16.6. The van der Waals surface area contributed by atoms with Crippen LogP contribution in [-0.4, -0.2) is 70.0 Å². The molecule has 3 heterocycles. The van der Waals surface area contributed by atoms with E-state index in [1.165, 1.54) is 0 Å². The molecule has 0 unspecified atom stereocenters. The van der Waals surface area contributed by atoms with Crippen LogP contribution in [0, 0.1) is 0 Å². The fourth-order valence-electron chi connectivity index (χ4n) is 5.56. The van der Waals surface area contributed by atoms with Crippen molar-refractivity contribution in [3.63, 3.8) is 0 Å². The summed E-state index contributed by atoms with van der Waals surface area (Å²) >= 11 is 0. The number of carbonyl (C=O) groups is 1. The molecule has 2 aliphatic rings. The highest BCUT2D eigenvalue weighted by Gasteiger charge is 2.27. The third-order valence-electron chi connectivity index (χ3n) is 7.91. The first-order valence-corrected chi connectivity index (χ1v) is 14.7. The van der Waals surface area contributed by atoms with Gasteiger partial charge in [0.25, 0.3) is 5.91 Å². The van der Waals surface area contributed by atoms with Crippen LogP contribution in [0.3, 0.4) is 0 Å². The standard InChI is InChI=1S/C33H37N7O4/c1-34-32(41)25-6-4-5-7-27(25)35-30-26-14-15-40(21-22-8-11-24(42-2)12-9-22)31(26)38-33(37-30)36-28-13-10-23(20-29(28)43-3)39-16-18-44-19-17-39/h4-13,20H,14-19,21H2,1-3H3,(H,34,41)(H2,35,36,37,38). The number of carbonyl (C=O) groups excluding carboxylic acids is 1. The van der Waals surface area contributed by atoms with E-state index in [4.69, 9.17) is 24.2 Å². The molecule has 6 rings (SSSR count). The second kappa shape index (κ2) is 13.1. The van der Waals surface area contributed by atoms with Gasteiger partial charge >= 0.3 is 0 Å². The lowest BCUT2D eigenvalue weighted by Gasteiger charge is -2.29. The van der Waals surface area contributed by atoms with Crippen molar-refractivity contribution in [3.05, 3.63) is 83.4 Å². The Kier molecular flexibility index (Phi) is 8.64. The monoisotopic (exact) mass is 595 g/mol. The Hall–Kier alpha value is -5.03. The van der Waals surface area contributed by atoms with Crippen LogP contribution >= 0.6 is 0 Å². The van der Waals surface area contributed by atoms with Gasteiger partial charge < -0.3 is 40.0 Å². The van der Waals surface area contributed by atoms with E-state index < -0.39 is 0 Å². The minimum absolute atomic E-state index is 0.177. The van der Waals surface area contributed by atoms with E-state index in [-0.39, 0.29) is 5.91 Å². The second-order valence-electron chi connectivity index (χ2n) is 10.6. The summed E-state index contributed by atoms with van der Waals surface area (Å²) in [6, 6.07) is 21.6. The Morgan fingerprint density at radius 2 is 1.70 bits per heavy atom. The van der Waals surface area contributed by atoms with Crippen molar-refractivity contribution < 1.29 is 19.0 Å². The fraction of sp³-hybridized carbons (Fsp3) is 0.303. The number of nitrogens with one attached hydrogen (secondary N) is 3. The molecule has 0 aliphatic carbocycles. The predicted molar refractivity (Wildman–Crippen MR) is 172 cm³/mol. The molecule has 1 aromatic heterocycles. The van der Waals surface area contributed by atoms with E-state index in [0.29, 0.717) is 48.5 Å². The van der Waals surface area contributed by atoms with Gasteiger partial charge in [-0.15, -0.1) is 0 Å². The number of rotatable bonds is 10. The van der Waals surface area contributed by atoms with Gasteiger partial charge in [-0.05, 0) is 48.4 Å². The Labute approximate surface area is 257 Å². The fourth-order valence-corrected chi connectivity index (χ4v) is 5.56. The Morgan fingerprint density at radius 1 is 0.909 bits per heavy atom. The normalized spacial score (nSPS) is 14.2. The van der Waals surface area contributed by atoms with Crippen molar-refractivity contribution in [2.45, 2.75) is 13.0 Å². The molecular formula is C33H37N7O4. The van der Waals surface area contributed by atoms with E-state index >= 15 is 0 Å². The maximum atomic E-state index is 12.6. The summed E-state index contributed by atoms with van der Waals surface area (Å²) in [5.41, 5.74) is 5.16. The molecule has 1 saturated heterocycles. The van der Waals surface area contributed by atoms with Crippen LogP contribution in [0.25, 0.3) is 0 Å². The van der Waals surface area contributed by atoms with Crippen LogP contribution < -0.4 is 35.2 Å². The Bertz CT molecular complexity index is 1620. The first-order chi connectivity index (χ1) is 21.6. The van der Waals surface area contributed by atoms with E-state index in [2.05, 4.69) is 43.9 Å². The summed E-state index contributed by atoms with van der Waals surface area (Å²) in [4.78, 5) is 27.1. The minimum Gasteiger partial charge on any atom is -0.497 e. The molecule has 0 spiro atoms. The van der Waals surface area contributed by atoms with Crippen molar-refractivity contribution in [1.29, 1.82) is 0 Å². The van der Waals surface area contributed by atoms with Gasteiger partial charge in [0, 0.05) is 50.5 Å². The van der Waals surface area contributed by atoms with Crippen LogP contribution in [0.15, 0.2) is 66.7 Å². The van der Waals surface area contributed by atoms with Crippen LogP contribution in [0.2, 0.25) is 0 Å². The number of hydrogen-bond donors (Lipinski definition) is 3. The first-order valence-electron chi connectivity index (χ1n) is 14.7. The van der Waals surface area contributed by atoms with E-state index in [1.807, 2.05) is 42.5 Å². The number of methoxy groups -OCH3 is 2. The van der Waals surface area contributed by atoms with Crippen molar-refractivity contribution >= 4 is 40.6 Å². The average Bonchev–Trinajstić information content (AvgIpc) is 3.48. The minimum atomic E-state index is -0.177. The number of morpholine rings is 1.